The van der Waals surface area contributed by atoms with Gasteiger partial charge in [-0.3, -0.25) is 0 Å². The number of hydrogen-bond donors (Lipinski definition) is 1. The van der Waals surface area contributed by atoms with Gasteiger partial charge in [0.2, 0.25) is 15.9 Å². The van der Waals surface area contributed by atoms with Gasteiger partial charge in [0, 0.05) is 45.0 Å². The van der Waals surface area contributed by atoms with E-state index in [1.165, 1.54) is 16.6 Å². The molecule has 0 amide bonds. The molecule has 0 atom stereocenters. The smallest absolute Gasteiger partial charge is 0.264 e. The van der Waals surface area contributed by atoms with Gasteiger partial charge >= 0.3 is 0 Å². The van der Waals surface area contributed by atoms with Gasteiger partial charge in [0.25, 0.3) is 5.89 Å². The van der Waals surface area contributed by atoms with Crippen LogP contribution in [0.3, 0.4) is 0 Å². The van der Waals surface area contributed by atoms with E-state index in [2.05, 4.69) is 25.1 Å². The van der Waals surface area contributed by atoms with Gasteiger partial charge in [-0.05, 0) is 18.2 Å². The molecule has 4 rings (SSSR count). The lowest BCUT2D eigenvalue weighted by Crippen LogP contribution is -2.48. The van der Waals surface area contributed by atoms with Gasteiger partial charge < -0.3 is 14.3 Å². The van der Waals surface area contributed by atoms with Gasteiger partial charge in [-0.1, -0.05) is 13.0 Å². The van der Waals surface area contributed by atoms with Crippen molar-refractivity contribution in [3.63, 3.8) is 0 Å². The van der Waals surface area contributed by atoms with Crippen molar-refractivity contribution in [1.29, 1.82) is 0 Å². The van der Waals surface area contributed by atoms with E-state index < -0.39 is 10.0 Å². The van der Waals surface area contributed by atoms with E-state index in [4.69, 9.17) is 4.42 Å². The fourth-order valence-corrected chi connectivity index (χ4v) is 4.42. The Morgan fingerprint density at radius 3 is 2.67 bits per heavy atom. The summed E-state index contributed by atoms with van der Waals surface area (Å²) in [7, 11) is -3.59. The second-order valence-electron chi connectivity index (χ2n) is 6.18. The minimum Gasteiger partial charge on any atom is -0.419 e. The normalized spacial score (nSPS) is 16.0. The van der Waals surface area contributed by atoms with E-state index in [0.29, 0.717) is 44.2 Å². The summed E-state index contributed by atoms with van der Waals surface area (Å²) in [5.74, 6) is 1.66. The second-order valence-corrected chi connectivity index (χ2v) is 8.12. The lowest BCUT2D eigenvalue weighted by Gasteiger charge is -2.34. The molecule has 0 spiro atoms. The number of rotatable bonds is 5. The van der Waals surface area contributed by atoms with Crippen molar-refractivity contribution in [2.75, 3.05) is 31.1 Å². The van der Waals surface area contributed by atoms with Crippen molar-refractivity contribution in [2.45, 2.75) is 18.2 Å². The first kappa shape index (κ1) is 17.7. The summed E-state index contributed by atoms with van der Waals surface area (Å²) < 4.78 is 32.9. The molecule has 1 N–H and O–H groups in total. The summed E-state index contributed by atoms with van der Waals surface area (Å²) >= 11 is 0. The van der Waals surface area contributed by atoms with Crippen LogP contribution in [-0.2, 0) is 16.4 Å². The van der Waals surface area contributed by atoms with Gasteiger partial charge in [0.05, 0.1) is 0 Å². The van der Waals surface area contributed by atoms with Crippen molar-refractivity contribution in [1.82, 2.24) is 24.5 Å². The molecule has 0 saturated carbocycles. The second kappa shape index (κ2) is 7.12. The molecule has 1 aliphatic heterocycles. The summed E-state index contributed by atoms with van der Waals surface area (Å²) in [6.07, 6.45) is 3.83. The Bertz CT molecular complexity index is 1010. The first-order valence-electron chi connectivity index (χ1n) is 8.75. The highest BCUT2D eigenvalue weighted by atomic mass is 32.2. The van der Waals surface area contributed by atoms with Gasteiger partial charge in [0.1, 0.15) is 16.4 Å². The molecule has 3 aromatic rings. The van der Waals surface area contributed by atoms with Crippen LogP contribution in [0.5, 0.6) is 0 Å². The predicted molar refractivity (Wildman–Crippen MR) is 98.7 cm³/mol. The molecular weight excluding hydrogens is 368 g/mol. The number of H-pyrrole nitrogens is 1. The topological polar surface area (TPSA) is 108 Å². The lowest BCUT2D eigenvalue weighted by atomic mass is 10.3. The molecule has 27 heavy (non-hydrogen) atoms. The fourth-order valence-electron chi connectivity index (χ4n) is 3.00. The largest absolute Gasteiger partial charge is 0.419 e. The standard InChI is InChI=1S/C17H20N6O3S/c1-2-16-20-21-17(26-16)14-11-13(12-19-14)27(24,25)23-9-7-22(8-10-23)15-5-3-4-6-18-15/h3-6,11-12,19H,2,7-10H2,1H3. The van der Waals surface area contributed by atoms with Crippen LogP contribution in [0.15, 0.2) is 46.0 Å². The molecule has 0 radical (unpaired) electrons. The Hall–Kier alpha value is -2.72. The van der Waals surface area contributed by atoms with Gasteiger partial charge in [-0.25, -0.2) is 13.4 Å². The number of anilines is 1. The van der Waals surface area contributed by atoms with Crippen LogP contribution in [0.25, 0.3) is 11.6 Å². The zero-order valence-corrected chi connectivity index (χ0v) is 15.7. The number of sulfonamides is 1. The number of nitrogens with one attached hydrogen (secondary N) is 1. The Balaban J connectivity index is 1.48. The lowest BCUT2D eigenvalue weighted by molar-refractivity contribution is 0.384. The highest BCUT2D eigenvalue weighted by Gasteiger charge is 2.30. The summed E-state index contributed by atoms with van der Waals surface area (Å²) in [5, 5.41) is 7.84. The summed E-state index contributed by atoms with van der Waals surface area (Å²) in [4.78, 5) is 9.52. The number of nitrogens with zero attached hydrogens (tertiary/aromatic N) is 5. The molecule has 1 saturated heterocycles. The SMILES string of the molecule is CCc1nnc(-c2cc(S(=O)(=O)N3CCN(c4ccccn4)CC3)c[nH]2)o1. The first-order valence-corrected chi connectivity index (χ1v) is 10.2. The molecule has 0 aromatic carbocycles. The molecule has 1 fully saturated rings. The highest BCUT2D eigenvalue weighted by Crippen LogP contribution is 2.24. The molecule has 10 heteroatoms. The Kier molecular flexibility index (Phi) is 4.66. The van der Waals surface area contributed by atoms with E-state index in [-0.39, 0.29) is 10.8 Å². The average Bonchev–Trinajstić information content (AvgIpc) is 3.38. The van der Waals surface area contributed by atoms with Gasteiger partial charge in [-0.15, -0.1) is 10.2 Å². The van der Waals surface area contributed by atoms with E-state index in [0.717, 1.165) is 5.82 Å². The van der Waals surface area contributed by atoms with Crippen LogP contribution < -0.4 is 4.90 Å². The average molecular weight is 388 g/mol. The number of aromatic amines is 1. The van der Waals surface area contributed by atoms with Crippen LogP contribution >= 0.6 is 0 Å². The monoisotopic (exact) mass is 388 g/mol. The summed E-state index contributed by atoms with van der Waals surface area (Å²) in [6, 6.07) is 7.25. The maximum absolute atomic E-state index is 12.9. The molecule has 142 valence electrons. The van der Waals surface area contributed by atoms with Crippen molar-refractivity contribution in [3.8, 4) is 11.6 Å². The van der Waals surface area contributed by atoms with Crippen LogP contribution in [0.1, 0.15) is 12.8 Å². The first-order chi connectivity index (χ1) is 13.1. The molecule has 4 heterocycles. The number of aryl methyl sites for hydroxylation is 1. The maximum atomic E-state index is 12.9. The highest BCUT2D eigenvalue weighted by molar-refractivity contribution is 7.89. The fraction of sp³-hybridized carbons (Fsp3) is 0.353. The summed E-state index contributed by atoms with van der Waals surface area (Å²) in [6.45, 7) is 3.90. The minimum atomic E-state index is -3.59. The van der Waals surface area contributed by atoms with Crippen LogP contribution in [0, 0.1) is 0 Å². The minimum absolute atomic E-state index is 0.194. The molecular formula is C17H20N6O3S. The molecule has 1 aliphatic rings. The number of piperazine rings is 1. The third-order valence-electron chi connectivity index (χ3n) is 4.51. The molecule has 9 nitrogen and oxygen atoms in total. The van der Waals surface area contributed by atoms with E-state index >= 15 is 0 Å². The number of hydrogen-bond acceptors (Lipinski definition) is 7. The van der Waals surface area contributed by atoms with Crippen LogP contribution in [-0.4, -0.2) is 59.1 Å². The van der Waals surface area contributed by atoms with E-state index in [1.54, 1.807) is 6.20 Å². The maximum Gasteiger partial charge on any atom is 0.264 e. The Morgan fingerprint density at radius 2 is 2.00 bits per heavy atom. The molecule has 0 aliphatic carbocycles. The summed E-state index contributed by atoms with van der Waals surface area (Å²) in [5.41, 5.74) is 0.493. The predicted octanol–water partition coefficient (Wildman–Crippen LogP) is 1.53. The van der Waals surface area contributed by atoms with Crippen LogP contribution in [0.2, 0.25) is 0 Å². The van der Waals surface area contributed by atoms with Crippen molar-refractivity contribution in [3.05, 3.63) is 42.5 Å². The van der Waals surface area contributed by atoms with Crippen molar-refractivity contribution >= 4 is 15.8 Å². The number of aromatic nitrogens is 4. The molecule has 0 unspecified atom stereocenters. The third-order valence-corrected chi connectivity index (χ3v) is 6.38. The Labute approximate surface area is 157 Å². The zero-order chi connectivity index (χ0) is 18.9. The molecule has 0 bridgehead atoms. The van der Waals surface area contributed by atoms with Crippen molar-refractivity contribution in [2.24, 2.45) is 0 Å². The van der Waals surface area contributed by atoms with E-state index in [1.807, 2.05) is 25.1 Å². The quantitative estimate of drug-likeness (QED) is 0.706. The van der Waals surface area contributed by atoms with Crippen molar-refractivity contribution < 1.29 is 12.8 Å². The molecule has 3 aromatic heterocycles. The Morgan fingerprint density at radius 1 is 1.19 bits per heavy atom. The van der Waals surface area contributed by atoms with Gasteiger partial charge in [-0.2, -0.15) is 4.31 Å². The third kappa shape index (κ3) is 3.45. The van der Waals surface area contributed by atoms with E-state index in [9.17, 15) is 8.42 Å². The zero-order valence-electron chi connectivity index (χ0n) is 14.9. The van der Waals surface area contributed by atoms with Crippen LogP contribution in [0.4, 0.5) is 5.82 Å². The number of pyridine rings is 1. The van der Waals surface area contributed by atoms with Gasteiger partial charge in [0.15, 0.2) is 0 Å².